The lowest BCUT2D eigenvalue weighted by Crippen LogP contribution is -2.13. The minimum Gasteiger partial charge on any atom is -0.481 e. The monoisotopic (exact) mass is 440 g/mol. The second-order valence-electron chi connectivity index (χ2n) is 7.42. The highest BCUT2D eigenvalue weighted by Crippen LogP contribution is 2.32. The van der Waals surface area contributed by atoms with Crippen LogP contribution in [0.3, 0.4) is 0 Å². The van der Waals surface area contributed by atoms with E-state index in [1.165, 1.54) is 23.9 Å². The van der Waals surface area contributed by atoms with E-state index in [1.807, 2.05) is 31.2 Å². The first-order valence-electron chi connectivity index (χ1n) is 10.2. The number of rotatable bonds is 10. The van der Waals surface area contributed by atoms with Crippen LogP contribution in [-0.2, 0) is 10.5 Å². The van der Waals surface area contributed by atoms with Crippen LogP contribution in [0.15, 0.2) is 59.0 Å². The molecule has 1 N–H and O–H groups in total. The summed E-state index contributed by atoms with van der Waals surface area (Å²) >= 11 is 1.33. The molecule has 1 heterocycles. The molecule has 6 heteroatoms. The van der Waals surface area contributed by atoms with Gasteiger partial charge in [-0.1, -0.05) is 37.6 Å². The van der Waals surface area contributed by atoms with E-state index >= 15 is 0 Å². The van der Waals surface area contributed by atoms with Gasteiger partial charge in [0.1, 0.15) is 17.3 Å². The minimum atomic E-state index is -0.840. The average molecular weight is 441 g/mol. The highest BCUT2D eigenvalue weighted by atomic mass is 32.2. The lowest BCUT2D eigenvalue weighted by Gasteiger charge is -2.16. The largest absolute Gasteiger partial charge is 0.481 e. The van der Waals surface area contributed by atoms with Crippen LogP contribution in [0, 0.1) is 12.7 Å². The van der Waals surface area contributed by atoms with Gasteiger partial charge in [0, 0.05) is 17.2 Å². The zero-order chi connectivity index (χ0) is 22.4. The van der Waals surface area contributed by atoms with E-state index in [0.717, 1.165) is 17.5 Å². The Morgan fingerprint density at radius 2 is 1.87 bits per heavy atom. The maximum absolute atomic E-state index is 13.5. The number of thioether (sulfide) groups is 1. The second-order valence-corrected chi connectivity index (χ2v) is 8.41. The fourth-order valence-electron chi connectivity index (χ4n) is 3.56. The van der Waals surface area contributed by atoms with Crippen molar-refractivity contribution in [3.63, 3.8) is 0 Å². The van der Waals surface area contributed by atoms with Gasteiger partial charge in [0.15, 0.2) is 5.78 Å². The number of Topliss-reactive ketones (excluding diaryl/α,β-unsaturated/α-hetero) is 1. The molecule has 1 unspecified atom stereocenters. The van der Waals surface area contributed by atoms with Crippen molar-refractivity contribution < 1.29 is 23.5 Å². The maximum atomic E-state index is 13.5. The van der Waals surface area contributed by atoms with E-state index in [1.54, 1.807) is 25.1 Å². The Morgan fingerprint density at radius 3 is 2.55 bits per heavy atom. The number of ketones is 1. The zero-order valence-corrected chi connectivity index (χ0v) is 18.4. The highest BCUT2D eigenvalue weighted by Gasteiger charge is 2.25. The van der Waals surface area contributed by atoms with Crippen molar-refractivity contribution in [2.24, 2.45) is 0 Å². The molecule has 162 valence electrons. The number of aryl methyl sites for hydroxylation is 1. The van der Waals surface area contributed by atoms with Crippen LogP contribution in [-0.4, -0.2) is 22.6 Å². The molecule has 4 nitrogen and oxygen atoms in total. The number of halogens is 1. The SMILES string of the molecule is CCCC(C(=O)c1cc(-c2ccc(F)cc2)oc1C)c1cccc(CSCC(=O)O)c1. The fraction of sp³-hybridized carbons (Fsp3) is 0.280. The van der Waals surface area contributed by atoms with Crippen molar-refractivity contribution in [3.05, 3.63) is 82.9 Å². The first kappa shape index (κ1) is 22.8. The number of benzene rings is 2. The van der Waals surface area contributed by atoms with Gasteiger partial charge in [0.25, 0.3) is 0 Å². The third-order valence-electron chi connectivity index (χ3n) is 5.05. The molecule has 0 aliphatic rings. The van der Waals surface area contributed by atoms with Crippen LogP contribution in [0.5, 0.6) is 0 Å². The number of aliphatic carboxylic acids is 1. The molecule has 31 heavy (non-hydrogen) atoms. The fourth-order valence-corrected chi connectivity index (χ4v) is 4.26. The average Bonchev–Trinajstić information content (AvgIpc) is 3.13. The number of carboxylic acid groups (broad SMARTS) is 1. The Hall–Kier alpha value is -2.86. The van der Waals surface area contributed by atoms with Gasteiger partial charge in [-0.15, -0.1) is 11.8 Å². The first-order valence-corrected chi connectivity index (χ1v) is 11.3. The molecule has 3 aromatic rings. The quantitative estimate of drug-likeness (QED) is 0.366. The maximum Gasteiger partial charge on any atom is 0.313 e. The summed E-state index contributed by atoms with van der Waals surface area (Å²) in [6.45, 7) is 3.81. The van der Waals surface area contributed by atoms with E-state index in [-0.39, 0.29) is 23.3 Å². The zero-order valence-electron chi connectivity index (χ0n) is 17.6. The summed E-state index contributed by atoms with van der Waals surface area (Å²) in [5.41, 5.74) is 3.16. The number of hydrogen-bond donors (Lipinski definition) is 1. The van der Waals surface area contributed by atoms with E-state index < -0.39 is 5.97 Å². The molecule has 0 aliphatic carbocycles. The molecule has 0 saturated carbocycles. The van der Waals surface area contributed by atoms with Crippen LogP contribution < -0.4 is 0 Å². The molecule has 0 radical (unpaired) electrons. The van der Waals surface area contributed by atoms with Crippen molar-refractivity contribution >= 4 is 23.5 Å². The molecule has 0 spiro atoms. The van der Waals surface area contributed by atoms with E-state index in [9.17, 15) is 14.0 Å². The number of hydrogen-bond acceptors (Lipinski definition) is 4. The van der Waals surface area contributed by atoms with Crippen molar-refractivity contribution in [2.45, 2.75) is 38.4 Å². The van der Waals surface area contributed by atoms with Gasteiger partial charge in [-0.25, -0.2) is 4.39 Å². The Bertz CT molecular complexity index is 1060. The van der Waals surface area contributed by atoms with Crippen LogP contribution in [0.1, 0.15) is 52.9 Å². The smallest absolute Gasteiger partial charge is 0.313 e. The number of furan rings is 1. The van der Waals surface area contributed by atoms with Crippen molar-refractivity contribution in [1.29, 1.82) is 0 Å². The minimum absolute atomic E-state index is 0.00759. The number of carbonyl (C=O) groups is 2. The standard InChI is InChI=1S/C25H25FO4S/c1-3-5-21(19-7-4-6-17(12-19)14-31-15-24(27)28)25(29)22-13-23(30-16(22)2)18-8-10-20(26)11-9-18/h4,6-13,21H,3,5,14-15H2,1-2H3,(H,27,28). The molecule has 0 bridgehead atoms. The molecule has 0 saturated heterocycles. The molecule has 0 amide bonds. The van der Waals surface area contributed by atoms with E-state index in [4.69, 9.17) is 9.52 Å². The molecule has 3 rings (SSSR count). The van der Waals surface area contributed by atoms with E-state index in [0.29, 0.717) is 34.8 Å². The molecular weight excluding hydrogens is 415 g/mol. The lowest BCUT2D eigenvalue weighted by atomic mass is 9.86. The third kappa shape index (κ3) is 5.85. The summed E-state index contributed by atoms with van der Waals surface area (Å²) in [4.78, 5) is 24.2. The lowest BCUT2D eigenvalue weighted by molar-refractivity contribution is -0.133. The van der Waals surface area contributed by atoms with Crippen LogP contribution in [0.2, 0.25) is 0 Å². The first-order chi connectivity index (χ1) is 14.9. The second kappa shape index (κ2) is 10.4. The van der Waals surface area contributed by atoms with Crippen molar-refractivity contribution in [3.8, 4) is 11.3 Å². The third-order valence-corrected chi connectivity index (χ3v) is 6.04. The Labute approximate surface area is 185 Å². The summed E-state index contributed by atoms with van der Waals surface area (Å²) < 4.78 is 19.1. The van der Waals surface area contributed by atoms with Crippen LogP contribution in [0.4, 0.5) is 4.39 Å². The topological polar surface area (TPSA) is 67.5 Å². The molecular formula is C25H25FO4S. The molecule has 0 fully saturated rings. The van der Waals surface area contributed by atoms with Gasteiger partial charge < -0.3 is 9.52 Å². The molecule has 2 aromatic carbocycles. The van der Waals surface area contributed by atoms with Gasteiger partial charge in [0.2, 0.25) is 0 Å². The van der Waals surface area contributed by atoms with Crippen molar-refractivity contribution in [1.82, 2.24) is 0 Å². The normalized spacial score (nSPS) is 12.0. The molecule has 0 aliphatic heterocycles. The molecule has 1 aromatic heterocycles. The summed E-state index contributed by atoms with van der Waals surface area (Å²) in [7, 11) is 0. The highest BCUT2D eigenvalue weighted by molar-refractivity contribution is 7.99. The van der Waals surface area contributed by atoms with E-state index in [2.05, 4.69) is 0 Å². The van der Waals surface area contributed by atoms with Gasteiger partial charge in [-0.05, 0) is 54.8 Å². The summed E-state index contributed by atoms with van der Waals surface area (Å²) in [6.07, 6.45) is 1.54. The Balaban J connectivity index is 1.86. The van der Waals surface area contributed by atoms with Gasteiger partial charge in [-0.3, -0.25) is 9.59 Å². The van der Waals surface area contributed by atoms with Gasteiger partial charge in [-0.2, -0.15) is 0 Å². The predicted molar refractivity (Wildman–Crippen MR) is 121 cm³/mol. The predicted octanol–water partition coefficient (Wildman–Crippen LogP) is 6.48. The van der Waals surface area contributed by atoms with Gasteiger partial charge >= 0.3 is 5.97 Å². The van der Waals surface area contributed by atoms with Crippen LogP contribution >= 0.6 is 11.8 Å². The Kier molecular flexibility index (Phi) is 7.69. The number of carboxylic acids is 1. The van der Waals surface area contributed by atoms with Gasteiger partial charge in [0.05, 0.1) is 11.3 Å². The Morgan fingerprint density at radius 1 is 1.13 bits per heavy atom. The van der Waals surface area contributed by atoms with Crippen molar-refractivity contribution in [2.75, 3.05) is 5.75 Å². The van der Waals surface area contributed by atoms with Crippen LogP contribution in [0.25, 0.3) is 11.3 Å². The number of carbonyl (C=O) groups excluding carboxylic acids is 1. The summed E-state index contributed by atoms with van der Waals surface area (Å²) in [6, 6.07) is 15.5. The summed E-state index contributed by atoms with van der Waals surface area (Å²) in [5.74, 6) is 0.210. The summed E-state index contributed by atoms with van der Waals surface area (Å²) in [5, 5.41) is 8.83. The molecule has 1 atom stereocenters.